The average Bonchev–Trinajstić information content (AvgIpc) is 3.44. The van der Waals surface area contributed by atoms with E-state index >= 15 is 0 Å². The topological polar surface area (TPSA) is 42.7 Å². The quantitative estimate of drug-likeness (QED) is 0.668. The molecule has 3 aromatic rings. The normalized spacial score (nSPS) is 13.8. The van der Waals surface area contributed by atoms with Crippen LogP contribution in [0.5, 0.6) is 5.75 Å². The van der Waals surface area contributed by atoms with Crippen LogP contribution in [0, 0.1) is 12.7 Å². The number of amides is 1. The van der Waals surface area contributed by atoms with Crippen molar-refractivity contribution in [3.05, 3.63) is 65.2 Å². The summed E-state index contributed by atoms with van der Waals surface area (Å²) in [5, 5.41) is 0.647. The van der Waals surface area contributed by atoms with Crippen LogP contribution in [0.4, 0.5) is 4.39 Å². The third-order valence-electron chi connectivity index (χ3n) is 4.85. The first-order chi connectivity index (χ1) is 12.6. The van der Waals surface area contributed by atoms with Crippen molar-refractivity contribution in [2.75, 3.05) is 7.11 Å². The number of carbonyl (C=O) groups excluding carboxylic acids is 1. The first kappa shape index (κ1) is 16.6. The second-order valence-corrected chi connectivity index (χ2v) is 6.71. The molecule has 4 rings (SSSR count). The maximum atomic E-state index is 13.5. The van der Waals surface area contributed by atoms with Crippen LogP contribution in [0.1, 0.15) is 34.5 Å². The van der Waals surface area contributed by atoms with Crippen LogP contribution in [0.3, 0.4) is 0 Å². The van der Waals surface area contributed by atoms with Crippen LogP contribution < -0.4 is 4.74 Å². The van der Waals surface area contributed by atoms with Crippen molar-refractivity contribution in [3.63, 3.8) is 0 Å². The van der Waals surface area contributed by atoms with E-state index in [-0.39, 0.29) is 17.8 Å². The molecule has 1 saturated carbocycles. The smallest absolute Gasteiger partial charge is 0.290 e. The molecule has 0 radical (unpaired) electrons. The largest absolute Gasteiger partial charge is 0.497 e. The van der Waals surface area contributed by atoms with Gasteiger partial charge in [0.25, 0.3) is 5.91 Å². The Morgan fingerprint density at radius 3 is 2.62 bits per heavy atom. The minimum absolute atomic E-state index is 0.141. The predicted octanol–water partition coefficient (Wildman–Crippen LogP) is 4.69. The monoisotopic (exact) mass is 353 g/mol. The molecule has 26 heavy (non-hydrogen) atoms. The summed E-state index contributed by atoms with van der Waals surface area (Å²) in [5.41, 5.74) is 2.25. The lowest BCUT2D eigenvalue weighted by atomic mass is 10.1. The van der Waals surface area contributed by atoms with Gasteiger partial charge in [0.1, 0.15) is 17.1 Å². The lowest BCUT2D eigenvalue weighted by Crippen LogP contribution is -2.32. The van der Waals surface area contributed by atoms with Gasteiger partial charge in [-0.1, -0.05) is 12.1 Å². The van der Waals surface area contributed by atoms with E-state index in [1.807, 2.05) is 29.2 Å². The summed E-state index contributed by atoms with van der Waals surface area (Å²) < 4.78 is 24.5. The number of ether oxygens (including phenoxy) is 1. The molecular formula is C21H20FNO3. The fraction of sp³-hybridized carbons (Fsp3) is 0.286. The maximum absolute atomic E-state index is 13.5. The van der Waals surface area contributed by atoms with E-state index in [1.54, 1.807) is 20.1 Å². The Hall–Kier alpha value is -2.82. The summed E-state index contributed by atoms with van der Waals surface area (Å²) in [5.74, 6) is 0.606. The maximum Gasteiger partial charge on any atom is 0.290 e. The van der Waals surface area contributed by atoms with Crippen molar-refractivity contribution in [2.24, 2.45) is 0 Å². The molecule has 0 atom stereocenters. The number of nitrogens with zero attached hydrogens (tertiary/aromatic N) is 1. The lowest BCUT2D eigenvalue weighted by Gasteiger charge is -2.22. The van der Waals surface area contributed by atoms with Gasteiger partial charge in [-0.3, -0.25) is 4.79 Å². The van der Waals surface area contributed by atoms with E-state index in [4.69, 9.17) is 9.15 Å². The molecule has 1 aliphatic rings. The summed E-state index contributed by atoms with van der Waals surface area (Å²) in [7, 11) is 1.63. The average molecular weight is 353 g/mol. The van der Waals surface area contributed by atoms with Gasteiger partial charge in [-0.25, -0.2) is 4.39 Å². The highest BCUT2D eigenvalue weighted by atomic mass is 19.1. The van der Waals surface area contributed by atoms with Gasteiger partial charge < -0.3 is 14.1 Å². The number of benzene rings is 2. The molecule has 0 unspecified atom stereocenters. The SMILES string of the molecule is COc1ccc(CN(C(=O)c2oc3ccc(F)cc3c2C)C2CC2)cc1. The van der Waals surface area contributed by atoms with Crippen molar-refractivity contribution >= 4 is 16.9 Å². The van der Waals surface area contributed by atoms with Crippen molar-refractivity contribution < 1.29 is 18.3 Å². The highest BCUT2D eigenvalue weighted by Gasteiger charge is 2.35. The molecule has 0 spiro atoms. The number of halogens is 1. The van der Waals surface area contributed by atoms with E-state index in [0.29, 0.717) is 28.8 Å². The Kier molecular flexibility index (Phi) is 4.15. The van der Waals surface area contributed by atoms with Gasteiger partial charge in [-0.15, -0.1) is 0 Å². The van der Waals surface area contributed by atoms with Crippen molar-refractivity contribution in [1.29, 1.82) is 0 Å². The first-order valence-electron chi connectivity index (χ1n) is 8.69. The van der Waals surface area contributed by atoms with Gasteiger partial charge >= 0.3 is 0 Å². The fourth-order valence-electron chi connectivity index (χ4n) is 3.21. The molecule has 1 amide bonds. The Balaban J connectivity index is 1.64. The summed E-state index contributed by atoms with van der Waals surface area (Å²) >= 11 is 0. The van der Waals surface area contributed by atoms with Gasteiger partial charge in [0.15, 0.2) is 5.76 Å². The molecule has 2 aromatic carbocycles. The summed E-state index contributed by atoms with van der Waals surface area (Å²) in [4.78, 5) is 15.0. The number of aryl methyl sites for hydroxylation is 1. The second-order valence-electron chi connectivity index (χ2n) is 6.71. The van der Waals surface area contributed by atoms with Crippen LogP contribution in [-0.4, -0.2) is 24.0 Å². The molecule has 134 valence electrons. The van der Waals surface area contributed by atoms with Gasteiger partial charge in [0.05, 0.1) is 7.11 Å². The Morgan fingerprint density at radius 2 is 1.96 bits per heavy atom. The molecule has 0 aliphatic heterocycles. The van der Waals surface area contributed by atoms with Gasteiger partial charge in [-0.05, 0) is 55.7 Å². The molecular weight excluding hydrogens is 333 g/mol. The van der Waals surface area contributed by atoms with Crippen molar-refractivity contribution in [2.45, 2.75) is 32.4 Å². The highest BCUT2D eigenvalue weighted by molar-refractivity contribution is 5.99. The van der Waals surface area contributed by atoms with Gasteiger partial charge in [0.2, 0.25) is 0 Å². The van der Waals surface area contributed by atoms with E-state index in [2.05, 4.69) is 0 Å². The minimum Gasteiger partial charge on any atom is -0.497 e. The van der Waals surface area contributed by atoms with E-state index in [0.717, 1.165) is 24.2 Å². The van der Waals surface area contributed by atoms with Crippen LogP contribution in [0.2, 0.25) is 0 Å². The third kappa shape index (κ3) is 3.05. The number of hydrogen-bond acceptors (Lipinski definition) is 3. The zero-order chi connectivity index (χ0) is 18.3. The number of rotatable bonds is 5. The van der Waals surface area contributed by atoms with Crippen molar-refractivity contribution in [1.82, 2.24) is 4.90 Å². The Morgan fingerprint density at radius 1 is 1.23 bits per heavy atom. The summed E-state index contributed by atoms with van der Waals surface area (Å²) in [6.45, 7) is 2.31. The molecule has 0 N–H and O–H groups in total. The predicted molar refractivity (Wildman–Crippen MR) is 96.8 cm³/mol. The standard InChI is InChI=1S/C21H20FNO3/c1-13-18-11-15(22)5-10-19(18)26-20(13)21(24)23(16-6-7-16)12-14-3-8-17(25-2)9-4-14/h3-5,8-11,16H,6-7,12H2,1-2H3. The minimum atomic E-state index is -0.335. The summed E-state index contributed by atoms with van der Waals surface area (Å²) in [6.07, 6.45) is 1.99. The molecule has 5 heteroatoms. The molecule has 4 nitrogen and oxygen atoms in total. The molecule has 1 aliphatic carbocycles. The highest BCUT2D eigenvalue weighted by Crippen LogP contribution is 2.33. The third-order valence-corrected chi connectivity index (χ3v) is 4.85. The number of fused-ring (bicyclic) bond motifs is 1. The Bertz CT molecular complexity index is 957. The van der Waals surface area contributed by atoms with Crippen LogP contribution in [0.25, 0.3) is 11.0 Å². The first-order valence-corrected chi connectivity index (χ1v) is 8.69. The van der Waals surface area contributed by atoms with Crippen LogP contribution in [0.15, 0.2) is 46.9 Å². The molecule has 0 bridgehead atoms. The van der Waals surface area contributed by atoms with Crippen molar-refractivity contribution in [3.8, 4) is 5.75 Å². The zero-order valence-electron chi connectivity index (χ0n) is 14.8. The van der Waals surface area contributed by atoms with Crippen LogP contribution >= 0.6 is 0 Å². The molecule has 1 aromatic heterocycles. The lowest BCUT2D eigenvalue weighted by molar-refractivity contribution is 0.0699. The molecule has 0 saturated heterocycles. The fourth-order valence-corrected chi connectivity index (χ4v) is 3.21. The van der Waals surface area contributed by atoms with E-state index in [1.165, 1.54) is 12.1 Å². The van der Waals surface area contributed by atoms with Crippen LogP contribution in [-0.2, 0) is 6.54 Å². The number of furan rings is 1. The van der Waals surface area contributed by atoms with E-state index in [9.17, 15) is 9.18 Å². The summed E-state index contributed by atoms with van der Waals surface area (Å²) in [6, 6.07) is 12.3. The van der Waals surface area contributed by atoms with Gasteiger partial charge in [-0.2, -0.15) is 0 Å². The van der Waals surface area contributed by atoms with Gasteiger partial charge in [0, 0.05) is 23.5 Å². The number of hydrogen-bond donors (Lipinski definition) is 0. The Labute approximate surface area is 151 Å². The molecule has 1 fully saturated rings. The zero-order valence-corrected chi connectivity index (χ0v) is 14.8. The number of methoxy groups -OCH3 is 1. The second kappa shape index (κ2) is 6.48. The molecule has 1 heterocycles. The number of carbonyl (C=O) groups is 1. The van der Waals surface area contributed by atoms with E-state index < -0.39 is 0 Å².